The molecule has 0 spiro atoms. The van der Waals surface area contributed by atoms with Crippen molar-refractivity contribution < 1.29 is 0 Å². The molecule has 1 N–H and O–H groups in total. The summed E-state index contributed by atoms with van der Waals surface area (Å²) in [6, 6.07) is 0. The molecule has 21 heavy (non-hydrogen) atoms. The summed E-state index contributed by atoms with van der Waals surface area (Å²) in [5.41, 5.74) is 1.49. The van der Waals surface area contributed by atoms with Crippen molar-refractivity contribution >= 4 is 30.1 Å². The Labute approximate surface area is 138 Å². The summed E-state index contributed by atoms with van der Waals surface area (Å²) in [6.45, 7) is 4.51. The molecule has 0 aromatic rings. The summed E-state index contributed by atoms with van der Waals surface area (Å²) in [5.74, 6) is 1.22. The Kier molecular flexibility index (Phi) is 7.64. The maximum atomic E-state index is 4.38. The van der Waals surface area contributed by atoms with Gasteiger partial charge in [-0.15, -0.1) is 11.8 Å². The van der Waals surface area contributed by atoms with Crippen LogP contribution in [0.5, 0.6) is 0 Å². The van der Waals surface area contributed by atoms with E-state index in [1.54, 1.807) is 0 Å². The van der Waals surface area contributed by atoms with Crippen LogP contribution in [-0.4, -0.2) is 41.9 Å². The van der Waals surface area contributed by atoms with Gasteiger partial charge in [0.25, 0.3) is 0 Å². The van der Waals surface area contributed by atoms with Crippen molar-refractivity contribution in [3.63, 3.8) is 0 Å². The third-order valence-electron chi connectivity index (χ3n) is 4.13. The summed E-state index contributed by atoms with van der Waals surface area (Å²) in [6.07, 6.45) is 13.9. The number of hydrogen-bond donors (Lipinski definition) is 1. The molecule has 3 nitrogen and oxygen atoms in total. The van der Waals surface area contributed by atoms with E-state index in [2.05, 4.69) is 40.3 Å². The Bertz CT molecular complexity index is 371. The van der Waals surface area contributed by atoms with Crippen LogP contribution in [0.1, 0.15) is 51.9 Å². The van der Waals surface area contributed by atoms with Crippen molar-refractivity contribution in [2.24, 2.45) is 4.40 Å². The van der Waals surface area contributed by atoms with E-state index in [-0.39, 0.29) is 4.87 Å². The first kappa shape index (κ1) is 17.4. The SMILES string of the molecule is CCCCCCCCSC1(C2=CCCN(C)C2)C=NSN1. The van der Waals surface area contributed by atoms with Gasteiger partial charge in [-0.25, -0.2) is 9.12 Å². The van der Waals surface area contributed by atoms with E-state index in [1.807, 2.05) is 11.8 Å². The molecule has 0 saturated carbocycles. The zero-order valence-corrected chi connectivity index (χ0v) is 15.1. The van der Waals surface area contributed by atoms with Gasteiger partial charge in [0.1, 0.15) is 4.87 Å². The Balaban J connectivity index is 1.77. The van der Waals surface area contributed by atoms with E-state index in [0.717, 1.165) is 13.0 Å². The minimum Gasteiger partial charge on any atom is -0.302 e. The van der Waals surface area contributed by atoms with Crippen molar-refractivity contribution in [1.29, 1.82) is 0 Å². The van der Waals surface area contributed by atoms with E-state index in [4.69, 9.17) is 0 Å². The molecule has 120 valence electrons. The molecule has 0 radical (unpaired) electrons. The summed E-state index contributed by atoms with van der Waals surface area (Å²) in [7, 11) is 2.21. The van der Waals surface area contributed by atoms with Gasteiger partial charge in [0, 0.05) is 19.3 Å². The number of unbranched alkanes of at least 4 members (excludes halogenated alkanes) is 5. The first-order chi connectivity index (χ1) is 10.3. The van der Waals surface area contributed by atoms with E-state index < -0.39 is 0 Å². The zero-order chi connectivity index (χ0) is 15.0. The fourth-order valence-electron chi connectivity index (χ4n) is 2.81. The van der Waals surface area contributed by atoms with Crippen LogP contribution in [0.4, 0.5) is 0 Å². The van der Waals surface area contributed by atoms with Crippen LogP contribution in [0.3, 0.4) is 0 Å². The zero-order valence-electron chi connectivity index (χ0n) is 13.4. The normalized spacial score (nSPS) is 26.3. The van der Waals surface area contributed by atoms with Crippen molar-refractivity contribution in [2.75, 3.05) is 25.9 Å². The van der Waals surface area contributed by atoms with Gasteiger partial charge in [-0.3, -0.25) is 0 Å². The Morgan fingerprint density at radius 3 is 2.86 bits per heavy atom. The van der Waals surface area contributed by atoms with Crippen LogP contribution in [0.15, 0.2) is 16.0 Å². The summed E-state index contributed by atoms with van der Waals surface area (Å²) < 4.78 is 7.91. The van der Waals surface area contributed by atoms with Gasteiger partial charge in [-0.1, -0.05) is 45.1 Å². The number of nitrogens with zero attached hydrogens (tertiary/aromatic N) is 2. The van der Waals surface area contributed by atoms with Gasteiger partial charge in [0.15, 0.2) is 0 Å². The first-order valence-electron chi connectivity index (χ1n) is 8.26. The standard InChI is InChI=1S/C16H29N3S2/c1-3-4-5-6-7-8-12-20-16(14-17-21-18-16)15-10-9-11-19(2)13-15/h10,14,18H,3-9,11-13H2,1-2H3. The fourth-order valence-corrected chi connectivity index (χ4v) is 4.94. The smallest absolute Gasteiger partial charge is 0.134 e. The monoisotopic (exact) mass is 327 g/mol. The van der Waals surface area contributed by atoms with Crippen LogP contribution in [-0.2, 0) is 0 Å². The highest BCUT2D eigenvalue weighted by Crippen LogP contribution is 2.37. The lowest BCUT2D eigenvalue weighted by atomic mass is 10.0. The molecule has 2 rings (SSSR count). The van der Waals surface area contributed by atoms with E-state index in [0.29, 0.717) is 0 Å². The summed E-state index contributed by atoms with van der Waals surface area (Å²) >= 11 is 3.52. The molecule has 0 saturated heterocycles. The van der Waals surface area contributed by atoms with Gasteiger partial charge in [0.05, 0.1) is 12.1 Å². The summed E-state index contributed by atoms with van der Waals surface area (Å²) in [5, 5.41) is 0. The summed E-state index contributed by atoms with van der Waals surface area (Å²) in [4.78, 5) is 2.35. The molecule has 0 amide bonds. The first-order valence-corrected chi connectivity index (χ1v) is 10.0. The fraction of sp³-hybridized carbons (Fsp3) is 0.812. The lowest BCUT2D eigenvalue weighted by Crippen LogP contribution is -2.44. The second-order valence-corrected chi connectivity index (χ2v) is 7.97. The molecule has 0 fully saturated rings. The molecule has 0 aromatic carbocycles. The van der Waals surface area contributed by atoms with Crippen molar-refractivity contribution in [3.05, 3.63) is 11.6 Å². The number of likely N-dealkylation sites (N-methyl/N-ethyl adjacent to an activating group) is 1. The maximum absolute atomic E-state index is 4.38. The lowest BCUT2D eigenvalue weighted by Gasteiger charge is -2.34. The van der Waals surface area contributed by atoms with Gasteiger partial charge >= 0.3 is 0 Å². The average Bonchev–Trinajstić information content (AvgIpc) is 2.96. The second-order valence-electron chi connectivity index (χ2n) is 6.04. The minimum atomic E-state index is -0.0528. The largest absolute Gasteiger partial charge is 0.302 e. The Morgan fingerprint density at radius 2 is 2.14 bits per heavy atom. The van der Waals surface area contributed by atoms with E-state index >= 15 is 0 Å². The molecule has 0 aliphatic carbocycles. The highest BCUT2D eigenvalue weighted by atomic mass is 32.2. The van der Waals surface area contributed by atoms with Gasteiger partial charge in [0.2, 0.25) is 0 Å². The minimum absolute atomic E-state index is 0.0528. The number of hydrogen-bond acceptors (Lipinski definition) is 5. The van der Waals surface area contributed by atoms with Crippen LogP contribution < -0.4 is 4.72 Å². The molecule has 2 aliphatic rings. The topological polar surface area (TPSA) is 27.6 Å². The highest BCUT2D eigenvalue weighted by molar-refractivity contribution is 8.04. The molecule has 1 atom stereocenters. The van der Waals surface area contributed by atoms with E-state index in [1.165, 1.54) is 68.5 Å². The predicted octanol–water partition coefficient (Wildman–Crippen LogP) is 4.28. The van der Waals surface area contributed by atoms with E-state index in [9.17, 15) is 0 Å². The molecular weight excluding hydrogens is 298 g/mol. The van der Waals surface area contributed by atoms with Gasteiger partial charge in [-0.05, 0) is 31.2 Å². The van der Waals surface area contributed by atoms with Crippen LogP contribution in [0, 0.1) is 0 Å². The molecule has 0 aromatic heterocycles. The molecule has 2 aliphatic heterocycles. The highest BCUT2D eigenvalue weighted by Gasteiger charge is 2.37. The number of thioether (sulfide) groups is 1. The predicted molar refractivity (Wildman–Crippen MR) is 98.0 cm³/mol. The quantitative estimate of drug-likeness (QED) is 0.389. The van der Waals surface area contributed by atoms with Crippen LogP contribution in [0.25, 0.3) is 0 Å². The molecule has 0 bridgehead atoms. The lowest BCUT2D eigenvalue weighted by molar-refractivity contribution is 0.348. The van der Waals surface area contributed by atoms with Crippen LogP contribution >= 0.6 is 23.9 Å². The van der Waals surface area contributed by atoms with Gasteiger partial charge < -0.3 is 4.90 Å². The molecule has 2 heterocycles. The van der Waals surface area contributed by atoms with Crippen LogP contribution in [0.2, 0.25) is 0 Å². The number of nitrogens with one attached hydrogen (secondary N) is 1. The Hall–Kier alpha value is 0.0300. The maximum Gasteiger partial charge on any atom is 0.134 e. The average molecular weight is 328 g/mol. The molecule has 1 unspecified atom stereocenters. The molecular formula is C16H29N3S2. The number of rotatable bonds is 9. The van der Waals surface area contributed by atoms with Crippen molar-refractivity contribution in [3.8, 4) is 0 Å². The molecule has 5 heteroatoms. The second kappa shape index (κ2) is 9.23. The van der Waals surface area contributed by atoms with Crippen molar-refractivity contribution in [1.82, 2.24) is 9.62 Å². The third kappa shape index (κ3) is 5.31. The third-order valence-corrected chi connectivity index (χ3v) is 6.30. The van der Waals surface area contributed by atoms with Crippen molar-refractivity contribution in [2.45, 2.75) is 56.7 Å². The van der Waals surface area contributed by atoms with Gasteiger partial charge in [-0.2, -0.15) is 0 Å². The Morgan fingerprint density at radius 1 is 1.33 bits per heavy atom.